The van der Waals surface area contributed by atoms with Crippen LogP contribution < -0.4 is 10.3 Å². The summed E-state index contributed by atoms with van der Waals surface area (Å²) in [5.74, 6) is -0.442. The number of carboxylic acid groups (broad SMARTS) is 1. The fourth-order valence-electron chi connectivity index (χ4n) is 4.18. The van der Waals surface area contributed by atoms with Crippen LogP contribution in [0.4, 0.5) is 0 Å². The second kappa shape index (κ2) is 13.3. The second-order valence-corrected chi connectivity index (χ2v) is 8.76. The molecule has 6 aromatic carbocycles. The van der Waals surface area contributed by atoms with Gasteiger partial charge in [0.15, 0.2) is 12.0 Å². The lowest BCUT2D eigenvalue weighted by Gasteiger charge is -2.07. The van der Waals surface area contributed by atoms with E-state index in [9.17, 15) is 14.4 Å². The Hall–Kier alpha value is -5.49. The maximum absolute atomic E-state index is 10.8. The molecule has 0 unspecified atom stereocenters. The van der Waals surface area contributed by atoms with Gasteiger partial charge in [-0.3, -0.25) is 9.59 Å². The summed E-state index contributed by atoms with van der Waals surface area (Å²) < 4.78 is 0. The van der Waals surface area contributed by atoms with Gasteiger partial charge in [0.25, 0.3) is 0 Å². The van der Waals surface area contributed by atoms with Crippen molar-refractivity contribution in [3.05, 3.63) is 139 Å². The highest BCUT2D eigenvalue weighted by atomic mass is 16.7. The van der Waals surface area contributed by atoms with Gasteiger partial charge in [0.1, 0.15) is 0 Å². The smallest absolute Gasteiger partial charge is 0.336 e. The number of carboxylic acids is 1. The minimum Gasteiger partial charge on any atom is -0.478 e. The molecule has 0 aliphatic heterocycles. The van der Waals surface area contributed by atoms with E-state index < -0.39 is 5.97 Å². The lowest BCUT2D eigenvalue weighted by Crippen LogP contribution is -2.23. The summed E-state index contributed by atoms with van der Waals surface area (Å²) in [6.07, 6.45) is 0.891. The highest BCUT2D eigenvalue weighted by Crippen LogP contribution is 2.24. The van der Waals surface area contributed by atoms with E-state index in [-0.39, 0.29) is 5.91 Å². The number of carbonyl (C=O) groups is 3. The van der Waals surface area contributed by atoms with Gasteiger partial charge in [-0.2, -0.15) is 5.48 Å². The van der Waals surface area contributed by atoms with Crippen LogP contribution in [0.3, 0.4) is 0 Å². The van der Waals surface area contributed by atoms with Crippen molar-refractivity contribution in [2.24, 2.45) is 0 Å². The van der Waals surface area contributed by atoms with E-state index in [0.29, 0.717) is 11.3 Å². The number of fused-ring (bicyclic) bond motifs is 3. The van der Waals surface area contributed by atoms with Gasteiger partial charge in [0.05, 0.1) is 5.56 Å². The zero-order valence-electron chi connectivity index (χ0n) is 21.8. The summed E-state index contributed by atoms with van der Waals surface area (Å²) in [6.45, 7) is 1.41. The van der Waals surface area contributed by atoms with Crippen molar-refractivity contribution in [2.45, 2.75) is 6.92 Å². The van der Waals surface area contributed by atoms with E-state index in [1.165, 1.54) is 6.92 Å². The van der Waals surface area contributed by atoms with Crippen LogP contribution in [0.5, 0.6) is 5.75 Å². The molecule has 0 aliphatic rings. The van der Waals surface area contributed by atoms with Gasteiger partial charge in [-0.15, -0.1) is 0 Å². The minimum atomic E-state index is -0.878. The third-order valence-corrected chi connectivity index (χ3v) is 6.02. The summed E-state index contributed by atoms with van der Waals surface area (Å²) in [4.78, 5) is 37.3. The van der Waals surface area contributed by atoms with Gasteiger partial charge in [0, 0.05) is 17.9 Å². The lowest BCUT2D eigenvalue weighted by molar-refractivity contribution is -0.125. The number of hydrogen-bond acceptors (Lipinski definition) is 4. The topological polar surface area (TPSA) is 92.7 Å². The Morgan fingerprint density at radius 3 is 1.70 bits per heavy atom. The lowest BCUT2D eigenvalue weighted by atomic mass is 10.1. The molecule has 1 amide bonds. The molecule has 0 aliphatic carbocycles. The predicted molar refractivity (Wildman–Crippen MR) is 159 cm³/mol. The molecular weight excluding hydrogens is 502 g/mol. The maximum atomic E-state index is 10.8. The number of amides is 1. The van der Waals surface area contributed by atoms with E-state index in [4.69, 9.17) is 9.94 Å². The van der Waals surface area contributed by atoms with Crippen LogP contribution in [0.15, 0.2) is 127 Å². The van der Waals surface area contributed by atoms with Gasteiger partial charge < -0.3 is 9.94 Å². The Labute approximate surface area is 231 Å². The average Bonchev–Trinajstić information content (AvgIpc) is 3.00. The molecule has 2 N–H and O–H groups in total. The molecule has 6 heteroatoms. The molecule has 0 fully saturated rings. The van der Waals surface area contributed by atoms with Gasteiger partial charge in [-0.1, -0.05) is 115 Å². The van der Waals surface area contributed by atoms with Crippen LogP contribution in [0.25, 0.3) is 32.3 Å². The van der Waals surface area contributed by atoms with Crippen LogP contribution in [0, 0.1) is 0 Å². The summed E-state index contributed by atoms with van der Waals surface area (Å²) in [7, 11) is 0. The monoisotopic (exact) mass is 529 g/mol. The van der Waals surface area contributed by atoms with Crippen LogP contribution >= 0.6 is 0 Å². The normalized spacial score (nSPS) is 10.0. The van der Waals surface area contributed by atoms with Crippen molar-refractivity contribution in [1.82, 2.24) is 5.48 Å². The first kappa shape index (κ1) is 27.5. The third kappa shape index (κ3) is 6.88. The van der Waals surface area contributed by atoms with E-state index in [1.54, 1.807) is 12.1 Å². The Morgan fingerprint density at radius 2 is 1.10 bits per heavy atom. The standard InChI is InChI=1S/C12H11NO2.C11H8O2.C11H8O/c1-9(14)13-15-12-8-4-6-10-5-2-3-7-11(10)12;12-11(13)10-7-3-5-8-4-1-2-6-9(8)10;12-8-10-6-3-5-9-4-1-2-7-11(9)10/h2-8H,1H3,(H,13,14);1-7H,(H,12,13);1-8H. The molecule has 0 atom stereocenters. The summed E-state index contributed by atoms with van der Waals surface area (Å²) in [6, 6.07) is 39.9. The molecule has 40 heavy (non-hydrogen) atoms. The Morgan fingerprint density at radius 1 is 0.625 bits per heavy atom. The molecule has 0 saturated carbocycles. The van der Waals surface area contributed by atoms with Gasteiger partial charge in [0.2, 0.25) is 5.91 Å². The SMILES string of the molecule is CC(=O)NOc1cccc2ccccc12.O=C(O)c1cccc2ccccc12.O=Cc1cccc2ccccc12. The molecule has 6 aromatic rings. The van der Waals surface area contributed by atoms with E-state index in [2.05, 4.69) is 5.48 Å². The number of aldehydes is 1. The molecule has 0 radical (unpaired) electrons. The minimum absolute atomic E-state index is 0.220. The van der Waals surface area contributed by atoms with Gasteiger partial charge in [-0.05, 0) is 39.1 Å². The third-order valence-electron chi connectivity index (χ3n) is 6.02. The first-order valence-corrected chi connectivity index (χ1v) is 12.5. The van der Waals surface area contributed by atoms with Crippen molar-refractivity contribution in [3.8, 4) is 5.75 Å². The fraction of sp³-hybridized carbons (Fsp3) is 0.0294. The fourth-order valence-corrected chi connectivity index (χ4v) is 4.18. The van der Waals surface area contributed by atoms with E-state index in [0.717, 1.165) is 44.2 Å². The first-order valence-electron chi connectivity index (χ1n) is 12.5. The molecule has 0 spiro atoms. The van der Waals surface area contributed by atoms with Crippen molar-refractivity contribution in [1.29, 1.82) is 0 Å². The zero-order chi connectivity index (χ0) is 28.3. The number of rotatable bonds is 4. The van der Waals surface area contributed by atoms with E-state index >= 15 is 0 Å². The highest BCUT2D eigenvalue weighted by Gasteiger charge is 2.06. The van der Waals surface area contributed by atoms with Crippen LogP contribution in [0.1, 0.15) is 27.6 Å². The van der Waals surface area contributed by atoms with Crippen LogP contribution in [0.2, 0.25) is 0 Å². The number of nitrogens with one attached hydrogen (secondary N) is 1. The van der Waals surface area contributed by atoms with Crippen LogP contribution in [-0.2, 0) is 4.79 Å². The molecule has 198 valence electrons. The zero-order valence-corrected chi connectivity index (χ0v) is 21.8. The van der Waals surface area contributed by atoms with Crippen molar-refractivity contribution < 1.29 is 24.3 Å². The molecule has 0 bridgehead atoms. The molecule has 6 rings (SSSR count). The summed E-state index contributed by atoms with van der Waals surface area (Å²) >= 11 is 0. The number of hydrogen-bond donors (Lipinski definition) is 2. The Kier molecular flexibility index (Phi) is 9.19. The van der Waals surface area contributed by atoms with Gasteiger partial charge in [-0.25, -0.2) is 4.79 Å². The van der Waals surface area contributed by atoms with Gasteiger partial charge >= 0.3 is 5.97 Å². The number of benzene rings is 6. The molecule has 0 saturated heterocycles. The van der Waals surface area contributed by atoms with Crippen molar-refractivity contribution in [2.75, 3.05) is 0 Å². The summed E-state index contributed by atoms with van der Waals surface area (Å²) in [5, 5.41) is 14.8. The average molecular weight is 530 g/mol. The number of aromatic carboxylic acids is 1. The first-order chi connectivity index (χ1) is 19.5. The number of carbonyl (C=O) groups excluding carboxylic acids is 2. The van der Waals surface area contributed by atoms with Crippen molar-refractivity contribution >= 4 is 50.5 Å². The van der Waals surface area contributed by atoms with E-state index in [1.807, 2.05) is 115 Å². The van der Waals surface area contributed by atoms with Crippen LogP contribution in [-0.4, -0.2) is 23.3 Å². The Bertz CT molecular complexity index is 1780. The predicted octanol–water partition coefficient (Wildman–Crippen LogP) is 7.46. The highest BCUT2D eigenvalue weighted by molar-refractivity contribution is 6.03. The largest absolute Gasteiger partial charge is 0.478 e. The molecule has 0 heterocycles. The maximum Gasteiger partial charge on any atom is 0.336 e. The molecule has 0 aromatic heterocycles. The number of hydroxylamine groups is 1. The van der Waals surface area contributed by atoms with Crippen molar-refractivity contribution in [3.63, 3.8) is 0 Å². The second-order valence-electron chi connectivity index (χ2n) is 8.76. The Balaban J connectivity index is 0.000000140. The summed E-state index contributed by atoms with van der Waals surface area (Å²) in [5.41, 5.74) is 3.43. The quantitative estimate of drug-likeness (QED) is 0.183. The molecular formula is C34H27NO5. The molecule has 6 nitrogen and oxygen atoms in total.